The van der Waals surface area contributed by atoms with E-state index in [0.717, 1.165) is 12.3 Å². The highest BCUT2D eigenvalue weighted by molar-refractivity contribution is 7.99. The van der Waals surface area contributed by atoms with Gasteiger partial charge in [-0.2, -0.15) is 0 Å². The summed E-state index contributed by atoms with van der Waals surface area (Å²) in [5.74, 6) is 1.15. The van der Waals surface area contributed by atoms with Crippen LogP contribution < -0.4 is 5.32 Å². The van der Waals surface area contributed by atoms with Crippen molar-refractivity contribution in [3.63, 3.8) is 0 Å². The van der Waals surface area contributed by atoms with E-state index in [-0.39, 0.29) is 0 Å². The molecule has 0 saturated heterocycles. The maximum Gasteiger partial charge on any atom is 0.0106 e. The van der Waals surface area contributed by atoms with Gasteiger partial charge in [-0.1, -0.05) is 43.9 Å². The molecule has 19 heavy (non-hydrogen) atoms. The lowest BCUT2D eigenvalue weighted by atomic mass is 10.1. The molecule has 0 saturated carbocycles. The van der Waals surface area contributed by atoms with Gasteiger partial charge in [0, 0.05) is 23.2 Å². The lowest BCUT2D eigenvalue weighted by Gasteiger charge is -2.13. The van der Waals surface area contributed by atoms with Crippen molar-refractivity contribution in [2.45, 2.75) is 64.3 Å². The Hall–Kier alpha value is -0.470. The Morgan fingerprint density at radius 3 is 2.68 bits per heavy atom. The monoisotopic (exact) mass is 279 g/mol. The summed E-state index contributed by atoms with van der Waals surface area (Å²) >= 11 is 1.96. The Morgan fingerprint density at radius 1 is 1.21 bits per heavy atom. The van der Waals surface area contributed by atoms with Crippen molar-refractivity contribution < 1.29 is 0 Å². The number of hydrogen-bond donors (Lipinski definition) is 1. The van der Waals surface area contributed by atoms with Crippen molar-refractivity contribution in [3.05, 3.63) is 29.3 Å². The Morgan fingerprint density at radius 2 is 2.00 bits per heavy atom. The molecule has 1 nitrogen and oxygen atoms in total. The minimum Gasteiger partial charge on any atom is -0.313 e. The maximum absolute atomic E-state index is 3.62. The lowest BCUT2D eigenvalue weighted by molar-refractivity contribution is 0.502. The third-order valence-corrected chi connectivity index (χ3v) is 4.60. The molecule has 0 aliphatic carbocycles. The van der Waals surface area contributed by atoms with Gasteiger partial charge in [-0.3, -0.25) is 0 Å². The summed E-state index contributed by atoms with van der Waals surface area (Å²) in [4.78, 5) is 1.42. The Labute approximate surface area is 123 Å². The van der Waals surface area contributed by atoms with Gasteiger partial charge in [0.1, 0.15) is 0 Å². The zero-order valence-electron chi connectivity index (χ0n) is 13.0. The van der Waals surface area contributed by atoms with Gasteiger partial charge in [0.25, 0.3) is 0 Å². The minimum absolute atomic E-state index is 0.659. The molecule has 1 atom stereocenters. The molecular weight excluding hydrogens is 250 g/mol. The van der Waals surface area contributed by atoms with Gasteiger partial charge in [0.15, 0.2) is 0 Å². The quantitative estimate of drug-likeness (QED) is 0.507. The fraction of sp³-hybridized carbons (Fsp3) is 0.647. The van der Waals surface area contributed by atoms with Gasteiger partial charge in [-0.25, -0.2) is 0 Å². The van der Waals surface area contributed by atoms with Crippen LogP contribution in [0.5, 0.6) is 0 Å². The van der Waals surface area contributed by atoms with E-state index in [1.165, 1.54) is 41.7 Å². The lowest BCUT2D eigenvalue weighted by Crippen LogP contribution is -2.28. The highest BCUT2D eigenvalue weighted by Gasteiger charge is 2.02. The zero-order chi connectivity index (χ0) is 14.1. The predicted molar refractivity (Wildman–Crippen MR) is 88.2 cm³/mol. The SMILES string of the molecule is CCCCCC(C)NCCSc1ccc(C)cc1C. The molecule has 1 aromatic carbocycles. The van der Waals surface area contributed by atoms with Gasteiger partial charge < -0.3 is 5.32 Å². The third kappa shape index (κ3) is 7.03. The summed E-state index contributed by atoms with van der Waals surface area (Å²) in [5, 5.41) is 3.62. The summed E-state index contributed by atoms with van der Waals surface area (Å²) in [7, 11) is 0. The van der Waals surface area contributed by atoms with E-state index in [1.54, 1.807) is 0 Å². The fourth-order valence-corrected chi connectivity index (χ4v) is 3.12. The molecule has 0 aromatic heterocycles. The molecule has 0 aliphatic heterocycles. The molecule has 1 aromatic rings. The minimum atomic E-state index is 0.659. The molecule has 108 valence electrons. The molecular formula is C17H29NS. The summed E-state index contributed by atoms with van der Waals surface area (Å²) in [6.45, 7) is 10.0. The van der Waals surface area contributed by atoms with Gasteiger partial charge in [0.05, 0.1) is 0 Å². The molecule has 0 amide bonds. The van der Waals surface area contributed by atoms with E-state index >= 15 is 0 Å². The van der Waals surface area contributed by atoms with E-state index in [2.05, 4.69) is 51.2 Å². The summed E-state index contributed by atoms with van der Waals surface area (Å²) in [5.41, 5.74) is 2.76. The molecule has 1 N–H and O–H groups in total. The topological polar surface area (TPSA) is 12.0 Å². The van der Waals surface area contributed by atoms with E-state index in [9.17, 15) is 0 Å². The average Bonchev–Trinajstić information content (AvgIpc) is 2.37. The number of rotatable bonds is 9. The van der Waals surface area contributed by atoms with Gasteiger partial charge in [0.2, 0.25) is 0 Å². The molecule has 1 rings (SSSR count). The first-order valence-electron chi connectivity index (χ1n) is 7.57. The Bertz CT molecular complexity index is 362. The number of unbranched alkanes of at least 4 members (excludes halogenated alkanes) is 2. The molecule has 1 unspecified atom stereocenters. The first kappa shape index (κ1) is 16.6. The molecule has 0 bridgehead atoms. The van der Waals surface area contributed by atoms with Crippen molar-refractivity contribution in [2.24, 2.45) is 0 Å². The first-order chi connectivity index (χ1) is 9.13. The zero-order valence-corrected chi connectivity index (χ0v) is 13.8. The molecule has 0 heterocycles. The van der Waals surface area contributed by atoms with Crippen LogP contribution in [0.15, 0.2) is 23.1 Å². The van der Waals surface area contributed by atoms with E-state index in [0.29, 0.717) is 6.04 Å². The number of benzene rings is 1. The van der Waals surface area contributed by atoms with E-state index < -0.39 is 0 Å². The highest BCUT2D eigenvalue weighted by atomic mass is 32.2. The molecule has 0 spiro atoms. The van der Waals surface area contributed by atoms with Gasteiger partial charge in [-0.15, -0.1) is 11.8 Å². The smallest absolute Gasteiger partial charge is 0.0106 e. The van der Waals surface area contributed by atoms with Crippen LogP contribution in [0.2, 0.25) is 0 Å². The second-order valence-corrected chi connectivity index (χ2v) is 6.61. The second-order valence-electron chi connectivity index (χ2n) is 5.47. The van der Waals surface area contributed by atoms with Crippen LogP contribution in [0.4, 0.5) is 0 Å². The largest absolute Gasteiger partial charge is 0.313 e. The number of hydrogen-bond acceptors (Lipinski definition) is 2. The van der Waals surface area contributed by atoms with Crippen molar-refractivity contribution in [3.8, 4) is 0 Å². The number of aryl methyl sites for hydroxylation is 2. The van der Waals surface area contributed by atoms with Crippen molar-refractivity contribution in [1.82, 2.24) is 5.32 Å². The number of nitrogens with one attached hydrogen (secondary N) is 1. The van der Waals surface area contributed by atoms with Crippen molar-refractivity contribution in [1.29, 1.82) is 0 Å². The molecule has 0 radical (unpaired) electrons. The average molecular weight is 279 g/mol. The van der Waals surface area contributed by atoms with E-state index in [4.69, 9.17) is 0 Å². The molecule has 2 heteroatoms. The highest BCUT2D eigenvalue weighted by Crippen LogP contribution is 2.22. The third-order valence-electron chi connectivity index (χ3n) is 3.42. The van der Waals surface area contributed by atoms with Crippen LogP contribution in [0.3, 0.4) is 0 Å². The van der Waals surface area contributed by atoms with Crippen LogP contribution in [0.25, 0.3) is 0 Å². The standard InChI is InChI=1S/C17H29NS/c1-5-6-7-8-16(4)18-11-12-19-17-10-9-14(2)13-15(17)3/h9-10,13,16,18H,5-8,11-12H2,1-4H3. The number of thioether (sulfide) groups is 1. The van der Waals surface area contributed by atoms with E-state index in [1.807, 2.05) is 11.8 Å². The van der Waals surface area contributed by atoms with Crippen molar-refractivity contribution >= 4 is 11.8 Å². The summed E-state index contributed by atoms with van der Waals surface area (Å²) in [6.07, 6.45) is 5.34. The van der Waals surface area contributed by atoms with Crippen LogP contribution in [0.1, 0.15) is 50.7 Å². The van der Waals surface area contributed by atoms with Crippen LogP contribution in [0, 0.1) is 13.8 Å². The summed E-state index contributed by atoms with van der Waals surface area (Å²) in [6, 6.07) is 7.38. The van der Waals surface area contributed by atoms with Crippen LogP contribution in [-0.4, -0.2) is 18.3 Å². The van der Waals surface area contributed by atoms with Gasteiger partial charge >= 0.3 is 0 Å². The second kappa shape index (κ2) is 9.44. The predicted octanol–water partition coefficient (Wildman–Crippen LogP) is 4.95. The molecule has 0 aliphatic rings. The van der Waals surface area contributed by atoms with Gasteiger partial charge in [-0.05, 0) is 38.8 Å². The Kier molecular flexibility index (Phi) is 8.24. The summed E-state index contributed by atoms with van der Waals surface area (Å²) < 4.78 is 0. The van der Waals surface area contributed by atoms with Crippen LogP contribution >= 0.6 is 11.8 Å². The normalized spacial score (nSPS) is 12.6. The van der Waals surface area contributed by atoms with Crippen LogP contribution in [-0.2, 0) is 0 Å². The Balaban J connectivity index is 2.16. The molecule has 0 fully saturated rings. The fourth-order valence-electron chi connectivity index (χ4n) is 2.23. The van der Waals surface area contributed by atoms with Crippen molar-refractivity contribution in [2.75, 3.05) is 12.3 Å². The maximum atomic E-state index is 3.62. The first-order valence-corrected chi connectivity index (χ1v) is 8.55.